The Labute approximate surface area is 127 Å². The van der Waals surface area contributed by atoms with Crippen molar-refractivity contribution in [3.8, 4) is 11.1 Å². The fourth-order valence-corrected chi connectivity index (χ4v) is 3.83. The van der Waals surface area contributed by atoms with Crippen molar-refractivity contribution in [2.75, 3.05) is 13.2 Å². The molecule has 0 unspecified atom stereocenters. The van der Waals surface area contributed by atoms with Crippen LogP contribution in [0.15, 0.2) is 46.9 Å². The van der Waals surface area contributed by atoms with Gasteiger partial charge in [0.1, 0.15) is 0 Å². The molecule has 1 aliphatic carbocycles. The summed E-state index contributed by atoms with van der Waals surface area (Å²) < 4.78 is 1.03. The summed E-state index contributed by atoms with van der Waals surface area (Å²) in [5, 5.41) is 19.1. The normalized spacial score (nSPS) is 14.9. The molecule has 0 saturated heterocycles. The molecule has 0 amide bonds. The van der Waals surface area contributed by atoms with E-state index in [-0.39, 0.29) is 18.6 Å². The summed E-state index contributed by atoms with van der Waals surface area (Å²) in [6.45, 7) is 0.223. The van der Waals surface area contributed by atoms with Gasteiger partial charge in [-0.05, 0) is 47.2 Å². The van der Waals surface area contributed by atoms with Gasteiger partial charge < -0.3 is 10.2 Å². The number of benzene rings is 2. The molecule has 1 aliphatic rings. The predicted molar refractivity (Wildman–Crippen MR) is 83.8 cm³/mol. The number of aliphatic hydroxyl groups is 2. The molecular formula is C17H17BrO2. The van der Waals surface area contributed by atoms with Crippen LogP contribution in [0.1, 0.15) is 24.0 Å². The summed E-state index contributed by atoms with van der Waals surface area (Å²) in [6.07, 6.45) is 1.27. The lowest BCUT2D eigenvalue weighted by atomic mass is 9.73. The van der Waals surface area contributed by atoms with Crippen molar-refractivity contribution in [3.05, 3.63) is 58.1 Å². The Morgan fingerprint density at radius 2 is 1.50 bits per heavy atom. The highest BCUT2D eigenvalue weighted by Gasteiger charge is 2.42. The van der Waals surface area contributed by atoms with E-state index in [1.165, 1.54) is 22.3 Å². The summed E-state index contributed by atoms with van der Waals surface area (Å²) >= 11 is 3.54. The van der Waals surface area contributed by atoms with Gasteiger partial charge >= 0.3 is 0 Å². The van der Waals surface area contributed by atoms with Crippen LogP contribution in [0.5, 0.6) is 0 Å². The second-order valence-electron chi connectivity index (χ2n) is 5.26. The molecule has 0 aliphatic heterocycles. The lowest BCUT2D eigenvalue weighted by molar-refractivity contribution is 0.212. The molecular weight excluding hydrogens is 316 g/mol. The third kappa shape index (κ3) is 1.93. The van der Waals surface area contributed by atoms with Gasteiger partial charge in [-0.3, -0.25) is 0 Å². The molecule has 0 heterocycles. The van der Waals surface area contributed by atoms with Crippen LogP contribution < -0.4 is 0 Å². The minimum Gasteiger partial charge on any atom is -0.396 e. The Kier molecular flexibility index (Phi) is 3.67. The van der Waals surface area contributed by atoms with Gasteiger partial charge in [0.25, 0.3) is 0 Å². The van der Waals surface area contributed by atoms with Crippen LogP contribution in [0.25, 0.3) is 11.1 Å². The van der Waals surface area contributed by atoms with E-state index in [1.54, 1.807) is 0 Å². The maximum absolute atomic E-state index is 9.55. The van der Waals surface area contributed by atoms with E-state index in [4.69, 9.17) is 0 Å². The highest BCUT2D eigenvalue weighted by atomic mass is 79.9. The standard InChI is InChI=1S/C17H17BrO2/c18-12-5-6-14-13-3-1-2-4-15(13)17(7-9-19,8-10-20)16(14)11-12/h1-6,11,19-20H,7-10H2. The first-order valence-corrected chi connectivity index (χ1v) is 7.64. The van der Waals surface area contributed by atoms with Gasteiger partial charge in [-0.25, -0.2) is 0 Å². The maximum Gasteiger partial charge on any atom is 0.0442 e. The first-order chi connectivity index (χ1) is 9.73. The molecule has 0 aromatic heterocycles. The number of hydrogen-bond acceptors (Lipinski definition) is 2. The van der Waals surface area contributed by atoms with Crippen molar-refractivity contribution >= 4 is 15.9 Å². The highest BCUT2D eigenvalue weighted by molar-refractivity contribution is 9.10. The molecule has 2 aromatic carbocycles. The molecule has 2 aromatic rings. The second kappa shape index (κ2) is 5.32. The fraction of sp³-hybridized carbons (Fsp3) is 0.294. The van der Waals surface area contributed by atoms with Gasteiger partial charge in [0.15, 0.2) is 0 Å². The Morgan fingerprint density at radius 3 is 2.20 bits per heavy atom. The zero-order valence-corrected chi connectivity index (χ0v) is 12.7. The molecule has 0 radical (unpaired) electrons. The average molecular weight is 333 g/mol. The summed E-state index contributed by atoms with van der Waals surface area (Å²) in [7, 11) is 0. The first-order valence-electron chi connectivity index (χ1n) is 6.84. The molecule has 3 heteroatoms. The van der Waals surface area contributed by atoms with Gasteiger partial charge in [0.05, 0.1) is 0 Å². The smallest absolute Gasteiger partial charge is 0.0442 e. The van der Waals surface area contributed by atoms with E-state index in [9.17, 15) is 10.2 Å². The van der Waals surface area contributed by atoms with Crippen LogP contribution in [-0.2, 0) is 5.41 Å². The number of fused-ring (bicyclic) bond motifs is 3. The molecule has 2 nitrogen and oxygen atoms in total. The van der Waals surface area contributed by atoms with E-state index >= 15 is 0 Å². The Balaban J connectivity index is 2.30. The van der Waals surface area contributed by atoms with Gasteiger partial charge in [0, 0.05) is 23.1 Å². The van der Waals surface area contributed by atoms with Crippen LogP contribution in [0.2, 0.25) is 0 Å². The number of aliphatic hydroxyl groups excluding tert-OH is 2. The third-order valence-corrected chi connectivity index (χ3v) is 4.80. The van der Waals surface area contributed by atoms with Crippen LogP contribution in [0.4, 0.5) is 0 Å². The van der Waals surface area contributed by atoms with E-state index in [2.05, 4.69) is 40.2 Å². The van der Waals surface area contributed by atoms with Crippen LogP contribution in [0.3, 0.4) is 0 Å². The van der Waals surface area contributed by atoms with Gasteiger partial charge in [0.2, 0.25) is 0 Å². The van der Waals surface area contributed by atoms with E-state index in [1.807, 2.05) is 18.2 Å². The average Bonchev–Trinajstić information content (AvgIpc) is 2.71. The van der Waals surface area contributed by atoms with E-state index in [0.29, 0.717) is 12.8 Å². The molecule has 0 fully saturated rings. The summed E-state index contributed by atoms with van der Waals surface area (Å²) in [5.74, 6) is 0. The molecule has 3 rings (SSSR count). The highest BCUT2D eigenvalue weighted by Crippen LogP contribution is 2.52. The Hall–Kier alpha value is -1.16. The van der Waals surface area contributed by atoms with Crippen molar-refractivity contribution in [2.24, 2.45) is 0 Å². The van der Waals surface area contributed by atoms with Crippen LogP contribution >= 0.6 is 15.9 Å². The van der Waals surface area contributed by atoms with Crippen molar-refractivity contribution < 1.29 is 10.2 Å². The minimum absolute atomic E-state index is 0.111. The van der Waals surface area contributed by atoms with Gasteiger partial charge in [-0.1, -0.05) is 46.3 Å². The van der Waals surface area contributed by atoms with Crippen molar-refractivity contribution in [3.63, 3.8) is 0 Å². The summed E-state index contributed by atoms with van der Waals surface area (Å²) in [4.78, 5) is 0. The monoisotopic (exact) mass is 332 g/mol. The quantitative estimate of drug-likeness (QED) is 0.899. The first kappa shape index (κ1) is 13.8. The zero-order valence-electron chi connectivity index (χ0n) is 11.1. The SMILES string of the molecule is OCCC1(CCO)c2ccccc2-c2ccc(Br)cc21. The molecule has 2 N–H and O–H groups in total. The van der Waals surface area contributed by atoms with E-state index < -0.39 is 0 Å². The van der Waals surface area contributed by atoms with Crippen molar-refractivity contribution in [2.45, 2.75) is 18.3 Å². The minimum atomic E-state index is -0.279. The lowest BCUT2D eigenvalue weighted by Gasteiger charge is -2.31. The summed E-state index contributed by atoms with van der Waals surface area (Å²) in [5.41, 5.74) is 4.58. The molecule has 20 heavy (non-hydrogen) atoms. The molecule has 0 bridgehead atoms. The fourth-order valence-electron chi connectivity index (χ4n) is 3.47. The lowest BCUT2D eigenvalue weighted by Crippen LogP contribution is -2.28. The zero-order chi connectivity index (χ0) is 14.2. The van der Waals surface area contributed by atoms with E-state index in [0.717, 1.165) is 4.47 Å². The van der Waals surface area contributed by atoms with Gasteiger partial charge in [-0.15, -0.1) is 0 Å². The number of hydrogen-bond donors (Lipinski definition) is 2. The topological polar surface area (TPSA) is 40.5 Å². The van der Waals surface area contributed by atoms with Crippen molar-refractivity contribution in [1.29, 1.82) is 0 Å². The largest absolute Gasteiger partial charge is 0.396 e. The van der Waals surface area contributed by atoms with Crippen LogP contribution in [-0.4, -0.2) is 23.4 Å². The second-order valence-corrected chi connectivity index (χ2v) is 6.18. The Morgan fingerprint density at radius 1 is 0.850 bits per heavy atom. The maximum atomic E-state index is 9.55. The number of rotatable bonds is 4. The van der Waals surface area contributed by atoms with Crippen molar-refractivity contribution in [1.82, 2.24) is 0 Å². The molecule has 0 atom stereocenters. The molecule has 104 valence electrons. The number of halogens is 1. The third-order valence-electron chi connectivity index (χ3n) is 4.31. The summed E-state index contributed by atoms with van der Waals surface area (Å²) in [6, 6.07) is 14.6. The van der Waals surface area contributed by atoms with Gasteiger partial charge in [-0.2, -0.15) is 0 Å². The van der Waals surface area contributed by atoms with Crippen LogP contribution in [0, 0.1) is 0 Å². The molecule has 0 spiro atoms. The predicted octanol–water partition coefficient (Wildman–Crippen LogP) is 3.48. The molecule has 0 saturated carbocycles. The Bertz CT molecular complexity index is 631.